The highest BCUT2D eigenvalue weighted by molar-refractivity contribution is 5.94. The van der Waals surface area contributed by atoms with Gasteiger partial charge in [0, 0.05) is 6.42 Å². The summed E-state index contributed by atoms with van der Waals surface area (Å²) in [4.78, 5) is 71.2. The fourth-order valence-corrected chi connectivity index (χ4v) is 3.09. The standard InChI is InChI=1S/C21H37N5O9/c1-11(2)9-15(20(33)25-14(21(34)35)5-3-4-8-22)26-19(32)13(6-7-16(27)28)24-18(31)12(23)10-17(29)30/h11-15H,3-10,22-23H2,1-2H3,(H,24,31)(H,25,33)(H,26,32)(H,27,28)(H,29,30)(H,34,35). The van der Waals surface area contributed by atoms with E-state index in [9.17, 15) is 33.9 Å². The number of rotatable bonds is 18. The van der Waals surface area contributed by atoms with E-state index in [0.29, 0.717) is 19.4 Å². The third kappa shape index (κ3) is 13.9. The van der Waals surface area contributed by atoms with Crippen molar-refractivity contribution in [2.45, 2.75) is 83.0 Å². The maximum atomic E-state index is 12.9. The van der Waals surface area contributed by atoms with E-state index >= 15 is 0 Å². The lowest BCUT2D eigenvalue weighted by atomic mass is 10.0. The molecular formula is C21H37N5O9. The average Bonchev–Trinajstić information content (AvgIpc) is 2.73. The van der Waals surface area contributed by atoms with Gasteiger partial charge in [-0.25, -0.2) is 4.79 Å². The third-order valence-corrected chi connectivity index (χ3v) is 4.91. The second-order valence-corrected chi connectivity index (χ2v) is 8.57. The summed E-state index contributed by atoms with van der Waals surface area (Å²) in [6, 6.07) is -5.26. The van der Waals surface area contributed by atoms with Crippen molar-refractivity contribution in [3.05, 3.63) is 0 Å². The number of carbonyl (C=O) groups is 6. The van der Waals surface area contributed by atoms with E-state index in [1.54, 1.807) is 13.8 Å². The Morgan fingerprint density at radius 3 is 1.77 bits per heavy atom. The van der Waals surface area contributed by atoms with Crippen LogP contribution < -0.4 is 27.4 Å². The first-order valence-corrected chi connectivity index (χ1v) is 11.3. The van der Waals surface area contributed by atoms with E-state index < -0.39 is 72.6 Å². The number of hydrogen-bond donors (Lipinski definition) is 8. The minimum atomic E-state index is -1.48. The van der Waals surface area contributed by atoms with Crippen molar-refractivity contribution in [2.24, 2.45) is 17.4 Å². The molecule has 4 atom stereocenters. The van der Waals surface area contributed by atoms with E-state index in [2.05, 4.69) is 16.0 Å². The van der Waals surface area contributed by atoms with Gasteiger partial charge in [0.1, 0.15) is 18.1 Å². The van der Waals surface area contributed by atoms with Crippen LogP contribution in [0.25, 0.3) is 0 Å². The Labute approximate surface area is 203 Å². The van der Waals surface area contributed by atoms with Crippen LogP contribution in [0.1, 0.15) is 58.8 Å². The van der Waals surface area contributed by atoms with E-state index in [1.807, 2.05) is 0 Å². The number of carbonyl (C=O) groups excluding carboxylic acids is 3. The highest BCUT2D eigenvalue weighted by Gasteiger charge is 2.31. The molecule has 0 saturated carbocycles. The molecule has 0 spiro atoms. The maximum Gasteiger partial charge on any atom is 0.326 e. The predicted octanol–water partition coefficient (Wildman–Crippen LogP) is -1.63. The van der Waals surface area contributed by atoms with Crippen molar-refractivity contribution in [1.82, 2.24) is 16.0 Å². The third-order valence-electron chi connectivity index (χ3n) is 4.91. The van der Waals surface area contributed by atoms with Crippen LogP contribution in [0.4, 0.5) is 0 Å². The summed E-state index contributed by atoms with van der Waals surface area (Å²) in [5, 5.41) is 34.2. The lowest BCUT2D eigenvalue weighted by Gasteiger charge is -2.26. The number of carboxylic acids is 3. The number of nitrogens with two attached hydrogens (primary N) is 2. The normalized spacial score (nSPS) is 14.3. The summed E-state index contributed by atoms with van der Waals surface area (Å²) in [6.45, 7) is 3.92. The first kappa shape index (κ1) is 31.7. The van der Waals surface area contributed by atoms with Gasteiger partial charge >= 0.3 is 17.9 Å². The van der Waals surface area contributed by atoms with Crippen LogP contribution in [0, 0.1) is 5.92 Å². The molecule has 0 aliphatic heterocycles. The van der Waals surface area contributed by atoms with E-state index in [0.717, 1.165) is 0 Å². The monoisotopic (exact) mass is 503 g/mol. The van der Waals surface area contributed by atoms with E-state index in [4.69, 9.17) is 21.7 Å². The molecule has 0 fully saturated rings. The molecule has 0 saturated heterocycles. The van der Waals surface area contributed by atoms with Gasteiger partial charge in [-0.1, -0.05) is 13.8 Å². The van der Waals surface area contributed by atoms with Crippen LogP contribution in [0.15, 0.2) is 0 Å². The van der Waals surface area contributed by atoms with Crippen LogP contribution >= 0.6 is 0 Å². The molecule has 0 radical (unpaired) electrons. The van der Waals surface area contributed by atoms with Crippen LogP contribution in [0.3, 0.4) is 0 Å². The lowest BCUT2D eigenvalue weighted by Crippen LogP contribution is -2.57. The minimum absolute atomic E-state index is 0.0948. The summed E-state index contributed by atoms with van der Waals surface area (Å²) in [6.07, 6.45) is -0.257. The number of hydrogen-bond acceptors (Lipinski definition) is 8. The molecule has 0 aliphatic carbocycles. The number of unbranched alkanes of at least 4 members (excludes halogenated alkanes) is 1. The Balaban J connectivity index is 5.53. The van der Waals surface area contributed by atoms with Gasteiger partial charge < -0.3 is 42.7 Å². The Hall–Kier alpha value is -3.26. The quantitative estimate of drug-likeness (QED) is 0.0985. The zero-order valence-corrected chi connectivity index (χ0v) is 20.0. The van der Waals surface area contributed by atoms with Crippen LogP contribution in [0.5, 0.6) is 0 Å². The van der Waals surface area contributed by atoms with Crippen molar-refractivity contribution in [2.75, 3.05) is 6.54 Å². The van der Waals surface area contributed by atoms with E-state index in [-0.39, 0.29) is 25.2 Å². The number of aliphatic carboxylic acids is 3. The first-order valence-electron chi connectivity index (χ1n) is 11.3. The van der Waals surface area contributed by atoms with Gasteiger partial charge in [-0.3, -0.25) is 24.0 Å². The molecule has 0 aromatic heterocycles. The van der Waals surface area contributed by atoms with Gasteiger partial charge in [-0.2, -0.15) is 0 Å². The van der Waals surface area contributed by atoms with Crippen LogP contribution in [0.2, 0.25) is 0 Å². The maximum absolute atomic E-state index is 12.9. The summed E-state index contributed by atoms with van der Waals surface area (Å²) < 4.78 is 0. The van der Waals surface area contributed by atoms with Crippen molar-refractivity contribution >= 4 is 35.6 Å². The molecular weight excluding hydrogens is 466 g/mol. The minimum Gasteiger partial charge on any atom is -0.481 e. The molecule has 0 rings (SSSR count). The summed E-state index contributed by atoms with van der Waals surface area (Å²) in [5.74, 6) is -6.55. The molecule has 0 heterocycles. The summed E-state index contributed by atoms with van der Waals surface area (Å²) in [5.41, 5.74) is 10.9. The molecule has 0 aromatic rings. The molecule has 14 heteroatoms. The number of carboxylic acid groups (broad SMARTS) is 3. The molecule has 10 N–H and O–H groups in total. The van der Waals surface area contributed by atoms with Crippen molar-refractivity contribution in [3.63, 3.8) is 0 Å². The SMILES string of the molecule is CC(C)CC(NC(=O)C(CCC(=O)O)NC(=O)C(N)CC(=O)O)C(=O)NC(CCCCN)C(=O)O. The van der Waals surface area contributed by atoms with Gasteiger partial charge in [-0.15, -0.1) is 0 Å². The highest BCUT2D eigenvalue weighted by Crippen LogP contribution is 2.09. The fraction of sp³-hybridized carbons (Fsp3) is 0.714. The topological polar surface area (TPSA) is 251 Å². The van der Waals surface area contributed by atoms with E-state index in [1.165, 1.54) is 0 Å². The second-order valence-electron chi connectivity index (χ2n) is 8.57. The van der Waals surface area contributed by atoms with Crippen molar-refractivity contribution < 1.29 is 44.1 Å². The molecule has 200 valence electrons. The molecule has 35 heavy (non-hydrogen) atoms. The molecule has 4 unspecified atom stereocenters. The van der Waals surface area contributed by atoms with Gasteiger partial charge in [0.2, 0.25) is 17.7 Å². The highest BCUT2D eigenvalue weighted by atomic mass is 16.4. The van der Waals surface area contributed by atoms with Gasteiger partial charge in [-0.05, 0) is 44.6 Å². The zero-order valence-electron chi connectivity index (χ0n) is 20.0. The molecule has 0 aromatic carbocycles. The lowest BCUT2D eigenvalue weighted by molar-refractivity contribution is -0.142. The Bertz CT molecular complexity index is 759. The summed E-state index contributed by atoms with van der Waals surface area (Å²) in [7, 11) is 0. The van der Waals surface area contributed by atoms with Crippen molar-refractivity contribution in [1.29, 1.82) is 0 Å². The Morgan fingerprint density at radius 1 is 0.743 bits per heavy atom. The first-order chi connectivity index (χ1) is 16.3. The van der Waals surface area contributed by atoms with Gasteiger partial charge in [0.15, 0.2) is 0 Å². The zero-order chi connectivity index (χ0) is 27.1. The second kappa shape index (κ2) is 16.4. The average molecular weight is 504 g/mol. The fourth-order valence-electron chi connectivity index (χ4n) is 3.09. The van der Waals surface area contributed by atoms with Crippen LogP contribution in [-0.4, -0.2) is 81.7 Å². The number of amides is 3. The summed E-state index contributed by atoms with van der Waals surface area (Å²) >= 11 is 0. The van der Waals surface area contributed by atoms with Gasteiger partial charge in [0.25, 0.3) is 0 Å². The van der Waals surface area contributed by atoms with Crippen LogP contribution in [-0.2, 0) is 28.8 Å². The largest absolute Gasteiger partial charge is 0.481 e. The number of nitrogens with one attached hydrogen (secondary N) is 3. The smallest absolute Gasteiger partial charge is 0.326 e. The Kier molecular flexibility index (Phi) is 14.9. The molecule has 0 bridgehead atoms. The van der Waals surface area contributed by atoms with Gasteiger partial charge in [0.05, 0.1) is 12.5 Å². The predicted molar refractivity (Wildman–Crippen MR) is 123 cm³/mol. The molecule has 14 nitrogen and oxygen atoms in total. The Morgan fingerprint density at radius 2 is 1.29 bits per heavy atom. The van der Waals surface area contributed by atoms with Crippen molar-refractivity contribution in [3.8, 4) is 0 Å². The molecule has 3 amide bonds. The molecule has 0 aliphatic rings.